The van der Waals surface area contributed by atoms with Crippen molar-refractivity contribution in [2.24, 2.45) is 23.7 Å². The molecule has 0 aliphatic heterocycles. The fourth-order valence-corrected chi connectivity index (χ4v) is 3.97. The number of carbonyl (C=O) groups excluding carboxylic acids is 1. The van der Waals surface area contributed by atoms with Gasteiger partial charge in [0, 0.05) is 4.47 Å². The Labute approximate surface area is 142 Å². The molecule has 5 nitrogen and oxygen atoms in total. The van der Waals surface area contributed by atoms with E-state index in [9.17, 15) is 14.7 Å². The molecule has 23 heavy (non-hydrogen) atoms. The molecule has 2 aliphatic rings. The number of carboxylic acid groups (broad SMARTS) is 1. The first kappa shape index (κ1) is 16.1. The number of hydrogen-bond acceptors (Lipinski definition) is 3. The first-order chi connectivity index (χ1) is 11.0. The van der Waals surface area contributed by atoms with Crippen molar-refractivity contribution in [1.82, 2.24) is 0 Å². The van der Waals surface area contributed by atoms with Gasteiger partial charge in [-0.05, 0) is 43.4 Å². The van der Waals surface area contributed by atoms with E-state index in [1.54, 1.807) is 12.1 Å². The Morgan fingerprint density at radius 1 is 1.30 bits per heavy atom. The number of fused-ring (bicyclic) bond motifs is 2. The number of hydrogen-bond donors (Lipinski definition) is 2. The monoisotopic (exact) mass is 379 g/mol. The third-order valence-corrected chi connectivity index (χ3v) is 5.04. The van der Waals surface area contributed by atoms with E-state index in [1.807, 2.05) is 25.1 Å². The van der Waals surface area contributed by atoms with Gasteiger partial charge in [0.05, 0.1) is 24.1 Å². The van der Waals surface area contributed by atoms with Gasteiger partial charge in [-0.25, -0.2) is 0 Å². The molecule has 1 aromatic rings. The maximum Gasteiger partial charge on any atom is 0.307 e. The van der Waals surface area contributed by atoms with Gasteiger partial charge in [0.1, 0.15) is 5.75 Å². The van der Waals surface area contributed by atoms with Crippen molar-refractivity contribution in [3.05, 3.63) is 34.8 Å². The lowest BCUT2D eigenvalue weighted by atomic mass is 9.82. The van der Waals surface area contributed by atoms with Gasteiger partial charge >= 0.3 is 5.97 Å². The molecule has 3 rings (SSSR count). The predicted molar refractivity (Wildman–Crippen MR) is 89.3 cm³/mol. The van der Waals surface area contributed by atoms with Crippen molar-refractivity contribution in [1.29, 1.82) is 0 Å². The molecule has 2 N–H and O–H groups in total. The summed E-state index contributed by atoms with van der Waals surface area (Å²) >= 11 is 3.38. The fraction of sp³-hybridized carbons (Fsp3) is 0.412. The number of ether oxygens (including phenoxy) is 1. The third kappa shape index (κ3) is 3.00. The van der Waals surface area contributed by atoms with Gasteiger partial charge in [0.15, 0.2) is 0 Å². The smallest absolute Gasteiger partial charge is 0.307 e. The van der Waals surface area contributed by atoms with Crippen LogP contribution < -0.4 is 10.1 Å². The lowest BCUT2D eigenvalue weighted by Crippen LogP contribution is -2.36. The summed E-state index contributed by atoms with van der Waals surface area (Å²) in [6, 6.07) is 5.38. The first-order valence-electron chi connectivity index (χ1n) is 7.65. The van der Waals surface area contributed by atoms with E-state index in [2.05, 4.69) is 21.2 Å². The molecule has 0 aromatic heterocycles. The Hall–Kier alpha value is -1.82. The van der Waals surface area contributed by atoms with Crippen molar-refractivity contribution in [3.63, 3.8) is 0 Å². The number of amides is 1. The zero-order valence-corrected chi connectivity index (χ0v) is 14.2. The first-order valence-corrected chi connectivity index (χ1v) is 8.45. The second-order valence-corrected chi connectivity index (χ2v) is 6.82. The highest BCUT2D eigenvalue weighted by atomic mass is 79.9. The largest absolute Gasteiger partial charge is 0.492 e. The van der Waals surface area contributed by atoms with Crippen LogP contribution in [0.25, 0.3) is 0 Å². The van der Waals surface area contributed by atoms with Crippen LogP contribution in [0.4, 0.5) is 5.69 Å². The lowest BCUT2D eigenvalue weighted by molar-refractivity contribution is -0.146. The summed E-state index contributed by atoms with van der Waals surface area (Å²) in [5.74, 6) is -1.79. The van der Waals surface area contributed by atoms with Crippen molar-refractivity contribution < 1.29 is 19.4 Å². The van der Waals surface area contributed by atoms with E-state index in [-0.39, 0.29) is 17.7 Å². The Morgan fingerprint density at radius 3 is 2.65 bits per heavy atom. The standard InChI is InChI=1S/C17H18BrNO4/c1-2-23-13-6-5-11(18)8-12(13)19-16(20)14-9-3-4-10(7-9)15(14)17(21)22/h3-6,8-10,14-15H,2,7H2,1H3,(H,19,20)(H,21,22). The van der Waals surface area contributed by atoms with Gasteiger partial charge in [0.25, 0.3) is 0 Å². The highest BCUT2D eigenvalue weighted by Gasteiger charge is 2.51. The minimum absolute atomic E-state index is 0.00352. The van der Waals surface area contributed by atoms with Crippen LogP contribution in [-0.2, 0) is 9.59 Å². The van der Waals surface area contributed by atoms with Crippen LogP contribution in [0.5, 0.6) is 5.75 Å². The molecule has 1 fully saturated rings. The van der Waals surface area contributed by atoms with Crippen molar-refractivity contribution in [3.8, 4) is 5.75 Å². The van der Waals surface area contributed by atoms with Gasteiger partial charge in [0.2, 0.25) is 5.91 Å². The van der Waals surface area contributed by atoms with E-state index in [1.165, 1.54) is 0 Å². The third-order valence-electron chi connectivity index (χ3n) is 4.55. The van der Waals surface area contributed by atoms with Crippen molar-refractivity contribution in [2.75, 3.05) is 11.9 Å². The number of anilines is 1. The number of benzene rings is 1. The Kier molecular flexibility index (Phi) is 4.43. The number of rotatable bonds is 5. The van der Waals surface area contributed by atoms with Gasteiger partial charge in [-0.15, -0.1) is 0 Å². The zero-order valence-electron chi connectivity index (χ0n) is 12.7. The highest BCUT2D eigenvalue weighted by molar-refractivity contribution is 9.10. The van der Waals surface area contributed by atoms with E-state index < -0.39 is 17.8 Å². The van der Waals surface area contributed by atoms with Crippen LogP contribution in [0.3, 0.4) is 0 Å². The van der Waals surface area contributed by atoms with Crippen molar-refractivity contribution in [2.45, 2.75) is 13.3 Å². The average Bonchev–Trinajstić information content (AvgIpc) is 3.10. The van der Waals surface area contributed by atoms with Crippen LogP contribution in [0.2, 0.25) is 0 Å². The molecule has 2 aliphatic carbocycles. The number of carbonyl (C=O) groups is 2. The predicted octanol–water partition coefficient (Wildman–Crippen LogP) is 3.31. The fourth-order valence-electron chi connectivity index (χ4n) is 3.61. The average molecular weight is 380 g/mol. The minimum Gasteiger partial charge on any atom is -0.492 e. The van der Waals surface area contributed by atoms with Gasteiger partial charge in [-0.3, -0.25) is 9.59 Å². The summed E-state index contributed by atoms with van der Waals surface area (Å²) in [5.41, 5.74) is 0.558. The van der Waals surface area contributed by atoms with Crippen LogP contribution in [0.1, 0.15) is 13.3 Å². The van der Waals surface area contributed by atoms with E-state index in [0.717, 1.165) is 10.9 Å². The minimum atomic E-state index is -0.902. The van der Waals surface area contributed by atoms with Crippen molar-refractivity contribution >= 4 is 33.5 Å². The second kappa shape index (κ2) is 6.35. The molecule has 4 unspecified atom stereocenters. The molecule has 0 radical (unpaired) electrons. The molecule has 0 saturated heterocycles. The molecule has 0 heterocycles. The van der Waals surface area contributed by atoms with Crippen LogP contribution in [0, 0.1) is 23.7 Å². The van der Waals surface area contributed by atoms with E-state index >= 15 is 0 Å². The second-order valence-electron chi connectivity index (χ2n) is 5.90. The number of halogens is 1. The summed E-state index contributed by atoms with van der Waals surface area (Å²) in [6.45, 7) is 2.36. The summed E-state index contributed by atoms with van der Waals surface area (Å²) in [5, 5.41) is 12.3. The molecule has 122 valence electrons. The maximum absolute atomic E-state index is 12.7. The highest BCUT2D eigenvalue weighted by Crippen LogP contribution is 2.48. The molecule has 1 amide bonds. The molecule has 6 heteroatoms. The maximum atomic E-state index is 12.7. The summed E-state index contributed by atoms with van der Waals surface area (Å²) in [6.07, 6.45) is 4.64. The lowest BCUT2D eigenvalue weighted by Gasteiger charge is -2.24. The molecule has 1 saturated carbocycles. The molecule has 2 bridgehead atoms. The van der Waals surface area contributed by atoms with E-state index in [0.29, 0.717) is 18.0 Å². The molecular formula is C17H18BrNO4. The number of aliphatic carboxylic acids is 1. The van der Waals surface area contributed by atoms with Gasteiger partial charge in [-0.1, -0.05) is 28.1 Å². The zero-order chi connectivity index (χ0) is 16.6. The Morgan fingerprint density at radius 2 is 2.00 bits per heavy atom. The van der Waals surface area contributed by atoms with Crippen LogP contribution in [-0.4, -0.2) is 23.6 Å². The number of nitrogens with one attached hydrogen (secondary N) is 1. The molecular weight excluding hydrogens is 362 g/mol. The molecule has 0 spiro atoms. The van der Waals surface area contributed by atoms with E-state index in [4.69, 9.17) is 4.74 Å². The quantitative estimate of drug-likeness (QED) is 0.769. The van der Waals surface area contributed by atoms with Gasteiger partial charge in [-0.2, -0.15) is 0 Å². The van der Waals surface area contributed by atoms with Crippen LogP contribution >= 0.6 is 15.9 Å². The molecule has 1 aromatic carbocycles. The number of carboxylic acids is 1. The SMILES string of the molecule is CCOc1ccc(Br)cc1NC(=O)C1C2C=CC(C2)C1C(=O)O. The summed E-state index contributed by atoms with van der Waals surface area (Å²) in [7, 11) is 0. The normalized spacial score (nSPS) is 27.9. The van der Waals surface area contributed by atoms with Crippen LogP contribution in [0.15, 0.2) is 34.8 Å². The topological polar surface area (TPSA) is 75.6 Å². The molecule has 4 atom stereocenters. The summed E-state index contributed by atoms with van der Waals surface area (Å²) in [4.78, 5) is 24.2. The Balaban J connectivity index is 1.83. The summed E-state index contributed by atoms with van der Waals surface area (Å²) < 4.78 is 6.34. The Bertz CT molecular complexity index is 673. The number of allylic oxidation sites excluding steroid dienone is 2. The van der Waals surface area contributed by atoms with Gasteiger partial charge < -0.3 is 15.2 Å².